The van der Waals surface area contributed by atoms with Gasteiger partial charge in [0, 0.05) is 18.7 Å². The molecule has 0 atom stereocenters. The molecule has 1 aliphatic carbocycles. The number of hydrogen-bond donors (Lipinski definition) is 1. The molecule has 0 saturated heterocycles. The summed E-state index contributed by atoms with van der Waals surface area (Å²) in [6.07, 6.45) is 1.80. The minimum absolute atomic E-state index is 0.0532. The van der Waals surface area contributed by atoms with Crippen LogP contribution in [-0.2, 0) is 9.47 Å². The van der Waals surface area contributed by atoms with Crippen LogP contribution in [0, 0.1) is 10.1 Å². The lowest BCUT2D eigenvalue weighted by molar-refractivity contribution is -0.384. The van der Waals surface area contributed by atoms with Crippen LogP contribution >= 0.6 is 0 Å². The molecule has 1 saturated carbocycles. The van der Waals surface area contributed by atoms with E-state index in [1.807, 2.05) is 6.92 Å². The monoisotopic (exact) mass is 294 g/mol. The number of ether oxygens (including phenoxy) is 2. The van der Waals surface area contributed by atoms with E-state index in [1.165, 1.54) is 25.3 Å². The maximum absolute atomic E-state index is 11.5. The van der Waals surface area contributed by atoms with Gasteiger partial charge in [0.25, 0.3) is 5.69 Å². The molecule has 7 heteroatoms. The van der Waals surface area contributed by atoms with Gasteiger partial charge in [-0.1, -0.05) is 0 Å². The zero-order chi connectivity index (χ0) is 15.4. The summed E-state index contributed by atoms with van der Waals surface area (Å²) in [6.45, 7) is 2.60. The van der Waals surface area contributed by atoms with Crippen LogP contribution in [0.1, 0.15) is 30.1 Å². The van der Waals surface area contributed by atoms with Crippen molar-refractivity contribution in [1.29, 1.82) is 0 Å². The number of carbonyl (C=O) groups is 1. The molecule has 114 valence electrons. The molecule has 1 fully saturated rings. The van der Waals surface area contributed by atoms with Crippen molar-refractivity contribution in [2.24, 2.45) is 0 Å². The Morgan fingerprint density at radius 1 is 1.48 bits per heavy atom. The molecule has 0 radical (unpaired) electrons. The Morgan fingerprint density at radius 3 is 2.76 bits per heavy atom. The number of rotatable bonds is 6. The van der Waals surface area contributed by atoms with Gasteiger partial charge < -0.3 is 14.8 Å². The Labute approximate surface area is 122 Å². The van der Waals surface area contributed by atoms with Crippen molar-refractivity contribution < 1.29 is 19.2 Å². The van der Waals surface area contributed by atoms with Gasteiger partial charge in [0.1, 0.15) is 5.69 Å². The average molecular weight is 294 g/mol. The quantitative estimate of drug-likeness (QED) is 0.492. The summed E-state index contributed by atoms with van der Waals surface area (Å²) in [5.74, 6) is -0.520. The number of benzene rings is 1. The highest BCUT2D eigenvalue weighted by molar-refractivity contribution is 5.91. The molecule has 1 aliphatic rings. The molecule has 0 heterocycles. The Morgan fingerprint density at radius 2 is 2.19 bits per heavy atom. The van der Waals surface area contributed by atoms with Crippen molar-refractivity contribution in [1.82, 2.24) is 0 Å². The molecule has 0 amide bonds. The highest BCUT2D eigenvalue weighted by atomic mass is 16.6. The average Bonchev–Trinajstić information content (AvgIpc) is 2.43. The second-order valence-corrected chi connectivity index (χ2v) is 4.87. The molecule has 21 heavy (non-hydrogen) atoms. The summed E-state index contributed by atoms with van der Waals surface area (Å²) in [5.41, 5.74) is 0.566. The summed E-state index contributed by atoms with van der Waals surface area (Å²) in [5, 5.41) is 14.2. The van der Waals surface area contributed by atoms with Crippen LogP contribution in [0.5, 0.6) is 0 Å². The van der Waals surface area contributed by atoms with Crippen molar-refractivity contribution in [2.45, 2.75) is 31.9 Å². The minimum atomic E-state index is -0.520. The van der Waals surface area contributed by atoms with Crippen LogP contribution in [0.4, 0.5) is 11.4 Å². The third kappa shape index (κ3) is 3.49. The predicted molar refractivity (Wildman–Crippen MR) is 76.5 cm³/mol. The van der Waals surface area contributed by atoms with Crippen LogP contribution in [-0.4, -0.2) is 36.8 Å². The smallest absolute Gasteiger partial charge is 0.337 e. The number of hydrogen-bond acceptors (Lipinski definition) is 6. The second kappa shape index (κ2) is 6.53. The lowest BCUT2D eigenvalue weighted by Crippen LogP contribution is -2.40. The summed E-state index contributed by atoms with van der Waals surface area (Å²) in [6, 6.07) is 4.28. The van der Waals surface area contributed by atoms with E-state index in [0.717, 1.165) is 12.8 Å². The van der Waals surface area contributed by atoms with Crippen LogP contribution in [0.15, 0.2) is 18.2 Å². The minimum Gasteiger partial charge on any atom is -0.465 e. The van der Waals surface area contributed by atoms with Crippen LogP contribution in [0.25, 0.3) is 0 Å². The van der Waals surface area contributed by atoms with Gasteiger partial charge in [-0.05, 0) is 31.9 Å². The third-order valence-corrected chi connectivity index (χ3v) is 3.47. The van der Waals surface area contributed by atoms with Crippen molar-refractivity contribution in [3.63, 3.8) is 0 Å². The normalized spacial score (nSPS) is 20.5. The number of methoxy groups -OCH3 is 1. The summed E-state index contributed by atoms with van der Waals surface area (Å²) in [7, 11) is 1.27. The Kier molecular flexibility index (Phi) is 4.74. The topological polar surface area (TPSA) is 90.7 Å². The molecular formula is C14H18N2O5. The fourth-order valence-corrected chi connectivity index (χ4v) is 2.33. The predicted octanol–water partition coefficient (Wildman–Crippen LogP) is 2.36. The number of nitro groups is 1. The number of nitro benzene ring substituents is 1. The highest BCUT2D eigenvalue weighted by Gasteiger charge is 2.31. The van der Waals surface area contributed by atoms with Gasteiger partial charge in [-0.3, -0.25) is 10.1 Å². The van der Waals surface area contributed by atoms with Gasteiger partial charge in [0.15, 0.2) is 0 Å². The molecule has 0 bridgehead atoms. The van der Waals surface area contributed by atoms with E-state index in [1.54, 1.807) is 0 Å². The standard InChI is InChI=1S/C14H18N2O5/c1-3-21-11-7-10(8-11)15-12-6-9(14(17)20-2)4-5-13(12)16(18)19/h4-6,10-11,15H,3,7-8H2,1-2H3. The number of carbonyl (C=O) groups excluding carboxylic acids is 1. The molecule has 0 aromatic heterocycles. The number of esters is 1. The largest absolute Gasteiger partial charge is 0.465 e. The molecule has 7 nitrogen and oxygen atoms in total. The first-order chi connectivity index (χ1) is 10.0. The van der Waals surface area contributed by atoms with Crippen molar-refractivity contribution in [2.75, 3.05) is 19.0 Å². The van der Waals surface area contributed by atoms with Gasteiger partial charge >= 0.3 is 5.97 Å². The first kappa shape index (κ1) is 15.2. The van der Waals surface area contributed by atoms with Gasteiger partial charge in [-0.15, -0.1) is 0 Å². The van der Waals surface area contributed by atoms with E-state index in [0.29, 0.717) is 12.3 Å². The molecule has 0 aliphatic heterocycles. The molecule has 0 spiro atoms. The zero-order valence-electron chi connectivity index (χ0n) is 12.0. The van der Waals surface area contributed by atoms with Crippen LogP contribution in [0.3, 0.4) is 0 Å². The fraction of sp³-hybridized carbons (Fsp3) is 0.500. The zero-order valence-corrected chi connectivity index (χ0v) is 12.0. The van der Waals surface area contributed by atoms with Crippen LogP contribution < -0.4 is 5.32 Å². The molecule has 0 unspecified atom stereocenters. The van der Waals surface area contributed by atoms with Crippen molar-refractivity contribution >= 4 is 17.3 Å². The highest BCUT2D eigenvalue weighted by Crippen LogP contribution is 2.32. The molecular weight excluding hydrogens is 276 g/mol. The lowest BCUT2D eigenvalue weighted by atomic mass is 9.89. The van der Waals surface area contributed by atoms with E-state index >= 15 is 0 Å². The van der Waals surface area contributed by atoms with E-state index in [-0.39, 0.29) is 23.4 Å². The van der Waals surface area contributed by atoms with E-state index in [9.17, 15) is 14.9 Å². The molecule has 1 N–H and O–H groups in total. The Bertz CT molecular complexity index is 540. The van der Waals surface area contributed by atoms with Gasteiger partial charge in [0.2, 0.25) is 0 Å². The number of nitrogens with zero attached hydrogens (tertiary/aromatic N) is 1. The molecule has 1 aromatic carbocycles. The maximum Gasteiger partial charge on any atom is 0.337 e. The van der Waals surface area contributed by atoms with Crippen molar-refractivity contribution in [3.05, 3.63) is 33.9 Å². The van der Waals surface area contributed by atoms with Crippen molar-refractivity contribution in [3.8, 4) is 0 Å². The maximum atomic E-state index is 11.5. The summed E-state index contributed by atoms with van der Waals surface area (Å²) in [4.78, 5) is 22.1. The molecule has 2 rings (SSSR count). The van der Waals surface area contributed by atoms with E-state index in [4.69, 9.17) is 4.74 Å². The first-order valence-electron chi connectivity index (χ1n) is 6.80. The molecule has 1 aromatic rings. The number of anilines is 1. The Balaban J connectivity index is 2.12. The number of nitrogens with one attached hydrogen (secondary N) is 1. The summed E-state index contributed by atoms with van der Waals surface area (Å²) >= 11 is 0. The van der Waals surface area contributed by atoms with Gasteiger partial charge in [-0.25, -0.2) is 4.79 Å². The third-order valence-electron chi connectivity index (χ3n) is 3.47. The van der Waals surface area contributed by atoms with E-state index < -0.39 is 10.9 Å². The fourth-order valence-electron chi connectivity index (χ4n) is 2.33. The SMILES string of the molecule is CCOC1CC(Nc2cc(C(=O)OC)ccc2[N+](=O)[O-])C1. The van der Waals surface area contributed by atoms with Gasteiger partial charge in [0.05, 0.1) is 23.7 Å². The van der Waals surface area contributed by atoms with Crippen LogP contribution in [0.2, 0.25) is 0 Å². The lowest BCUT2D eigenvalue weighted by Gasteiger charge is -2.35. The van der Waals surface area contributed by atoms with E-state index in [2.05, 4.69) is 10.1 Å². The summed E-state index contributed by atoms with van der Waals surface area (Å²) < 4.78 is 10.1. The first-order valence-corrected chi connectivity index (χ1v) is 6.80. The second-order valence-electron chi connectivity index (χ2n) is 4.87. The Hall–Kier alpha value is -2.15. The van der Waals surface area contributed by atoms with Gasteiger partial charge in [-0.2, -0.15) is 0 Å².